The van der Waals surface area contributed by atoms with Crippen LogP contribution in [0.1, 0.15) is 24.0 Å². The molecule has 0 amide bonds. The van der Waals surface area contributed by atoms with Gasteiger partial charge >= 0.3 is 0 Å². The van der Waals surface area contributed by atoms with Crippen LogP contribution in [0.5, 0.6) is 0 Å². The molecule has 1 N–H and O–H groups in total. The van der Waals surface area contributed by atoms with Crippen molar-refractivity contribution in [3.05, 3.63) is 53.5 Å². The fraction of sp³-hybridized carbons (Fsp3) is 0.375. The summed E-state index contributed by atoms with van der Waals surface area (Å²) < 4.78 is 33.4. The second-order valence-corrected chi connectivity index (χ2v) is 5.55. The first-order chi connectivity index (χ1) is 10.1. The molecule has 1 aliphatic carbocycles. The zero-order chi connectivity index (χ0) is 14.8. The number of halogens is 2. The van der Waals surface area contributed by atoms with Gasteiger partial charge < -0.3 is 14.6 Å². The minimum atomic E-state index is -0.534. The van der Waals surface area contributed by atoms with Crippen LogP contribution in [0.3, 0.4) is 0 Å². The molecule has 112 valence electrons. The lowest BCUT2D eigenvalue weighted by molar-refractivity contribution is 0.559. The van der Waals surface area contributed by atoms with Crippen LogP contribution in [0.15, 0.2) is 35.1 Å². The van der Waals surface area contributed by atoms with Gasteiger partial charge in [0.2, 0.25) is 0 Å². The van der Waals surface area contributed by atoms with Gasteiger partial charge in [-0.05, 0) is 36.6 Å². The number of hydrogen-bond acceptors (Lipinski definition) is 3. The van der Waals surface area contributed by atoms with Gasteiger partial charge in [-0.25, -0.2) is 8.78 Å². The molecule has 1 saturated carbocycles. The van der Waals surface area contributed by atoms with E-state index in [0.717, 1.165) is 18.4 Å². The summed E-state index contributed by atoms with van der Waals surface area (Å²) in [4.78, 5) is 1.55. The first-order valence-corrected chi connectivity index (χ1v) is 7.07. The fourth-order valence-electron chi connectivity index (χ4n) is 2.37. The molecule has 1 heterocycles. The maximum atomic E-state index is 14.2. The predicted octanol–water partition coefficient (Wildman–Crippen LogP) is 3.45. The number of nitrogens with zero attached hydrogens (tertiary/aromatic N) is 1. The zero-order valence-electron chi connectivity index (χ0n) is 11.9. The molecule has 0 bridgehead atoms. The van der Waals surface area contributed by atoms with Crippen molar-refractivity contribution in [2.24, 2.45) is 0 Å². The average Bonchev–Trinajstić information content (AvgIpc) is 3.12. The number of anilines is 1. The summed E-state index contributed by atoms with van der Waals surface area (Å²) in [6.07, 6.45) is 5.41. The maximum absolute atomic E-state index is 14.2. The number of nitrogens with one attached hydrogen (secondary N) is 1. The zero-order valence-corrected chi connectivity index (χ0v) is 11.9. The highest BCUT2D eigenvalue weighted by atomic mass is 19.1. The van der Waals surface area contributed by atoms with Gasteiger partial charge in [0.25, 0.3) is 0 Å². The molecule has 21 heavy (non-hydrogen) atoms. The Balaban J connectivity index is 1.74. The summed E-state index contributed by atoms with van der Waals surface area (Å²) in [6, 6.07) is 5.10. The third-order valence-electron chi connectivity index (χ3n) is 3.63. The lowest BCUT2D eigenvalue weighted by Gasteiger charge is -2.20. The molecule has 0 saturated heterocycles. The van der Waals surface area contributed by atoms with Crippen LogP contribution in [-0.4, -0.2) is 13.1 Å². The van der Waals surface area contributed by atoms with Gasteiger partial charge in [-0.2, -0.15) is 0 Å². The van der Waals surface area contributed by atoms with E-state index in [9.17, 15) is 8.78 Å². The van der Waals surface area contributed by atoms with Gasteiger partial charge in [-0.3, -0.25) is 0 Å². The van der Waals surface area contributed by atoms with Gasteiger partial charge in [-0.15, -0.1) is 0 Å². The lowest BCUT2D eigenvalue weighted by Crippen LogP contribution is -2.20. The summed E-state index contributed by atoms with van der Waals surface area (Å²) in [5.74, 6) is -1.07. The highest BCUT2D eigenvalue weighted by Crippen LogP contribution is 2.26. The van der Waals surface area contributed by atoms with E-state index in [-0.39, 0.29) is 5.69 Å². The van der Waals surface area contributed by atoms with E-state index in [0.29, 0.717) is 24.7 Å². The van der Waals surface area contributed by atoms with E-state index in [1.54, 1.807) is 30.5 Å². The highest BCUT2D eigenvalue weighted by Gasteiger charge is 2.21. The predicted molar refractivity (Wildman–Crippen MR) is 77.0 cm³/mol. The molecule has 0 spiro atoms. The van der Waals surface area contributed by atoms with E-state index in [4.69, 9.17) is 4.42 Å². The molecule has 0 radical (unpaired) electrons. The summed E-state index contributed by atoms with van der Waals surface area (Å²) in [5.41, 5.74) is 1.50. The van der Waals surface area contributed by atoms with Gasteiger partial charge in [-0.1, -0.05) is 0 Å². The van der Waals surface area contributed by atoms with E-state index < -0.39 is 11.6 Å². The SMILES string of the molecule is CN(Cc1ccoc1)c1c(F)cc(CNC2CC2)cc1F. The molecule has 3 rings (SSSR count). The smallest absolute Gasteiger partial charge is 0.149 e. The van der Waals surface area contributed by atoms with E-state index in [1.807, 2.05) is 0 Å². The Hall–Kier alpha value is -1.88. The molecule has 1 aliphatic rings. The molecular weight excluding hydrogens is 274 g/mol. The highest BCUT2D eigenvalue weighted by molar-refractivity contribution is 5.50. The van der Waals surface area contributed by atoms with Crippen LogP contribution in [0.4, 0.5) is 14.5 Å². The molecule has 2 aromatic rings. The first kappa shape index (κ1) is 14.1. The molecule has 3 nitrogen and oxygen atoms in total. The Kier molecular flexibility index (Phi) is 3.92. The maximum Gasteiger partial charge on any atom is 0.149 e. The van der Waals surface area contributed by atoms with Crippen molar-refractivity contribution in [1.82, 2.24) is 5.32 Å². The van der Waals surface area contributed by atoms with E-state index in [1.165, 1.54) is 12.1 Å². The van der Waals surface area contributed by atoms with Crippen molar-refractivity contribution in [3.63, 3.8) is 0 Å². The quantitative estimate of drug-likeness (QED) is 0.884. The number of benzene rings is 1. The molecule has 1 aromatic carbocycles. The second-order valence-electron chi connectivity index (χ2n) is 5.55. The van der Waals surface area contributed by atoms with E-state index in [2.05, 4.69) is 5.32 Å². The third kappa shape index (κ3) is 3.42. The largest absolute Gasteiger partial charge is 0.472 e. The van der Waals surface area contributed by atoms with Crippen molar-refractivity contribution >= 4 is 5.69 Å². The Morgan fingerprint density at radius 3 is 2.52 bits per heavy atom. The Labute approximate surface area is 122 Å². The number of rotatable bonds is 6. The molecule has 0 aliphatic heterocycles. The van der Waals surface area contributed by atoms with Gasteiger partial charge in [0, 0.05) is 31.7 Å². The topological polar surface area (TPSA) is 28.4 Å². The van der Waals surface area contributed by atoms with Crippen molar-refractivity contribution in [2.75, 3.05) is 11.9 Å². The Bertz CT molecular complexity index is 586. The number of hydrogen-bond donors (Lipinski definition) is 1. The van der Waals surface area contributed by atoms with Crippen LogP contribution in [-0.2, 0) is 13.1 Å². The molecular formula is C16H18F2N2O. The molecule has 1 fully saturated rings. The van der Waals surface area contributed by atoms with Crippen molar-refractivity contribution in [3.8, 4) is 0 Å². The minimum Gasteiger partial charge on any atom is -0.472 e. The van der Waals surface area contributed by atoms with Crippen molar-refractivity contribution < 1.29 is 13.2 Å². The van der Waals surface area contributed by atoms with Gasteiger partial charge in [0.15, 0.2) is 0 Å². The second kappa shape index (κ2) is 5.85. The molecule has 1 aromatic heterocycles. The Morgan fingerprint density at radius 1 is 1.24 bits per heavy atom. The van der Waals surface area contributed by atoms with E-state index >= 15 is 0 Å². The first-order valence-electron chi connectivity index (χ1n) is 7.07. The van der Waals surface area contributed by atoms with Crippen LogP contribution < -0.4 is 10.2 Å². The normalized spacial score (nSPS) is 14.4. The summed E-state index contributed by atoms with van der Waals surface area (Å²) in [7, 11) is 1.66. The monoisotopic (exact) mass is 292 g/mol. The van der Waals surface area contributed by atoms with Crippen molar-refractivity contribution in [2.45, 2.75) is 32.0 Å². The molecule has 5 heteroatoms. The lowest BCUT2D eigenvalue weighted by atomic mass is 10.1. The molecule has 0 atom stereocenters. The fourth-order valence-corrected chi connectivity index (χ4v) is 2.37. The minimum absolute atomic E-state index is 0.00799. The average molecular weight is 292 g/mol. The van der Waals surface area contributed by atoms with Gasteiger partial charge in [0.05, 0.1) is 12.5 Å². The summed E-state index contributed by atoms with van der Waals surface area (Å²) in [6.45, 7) is 0.897. The standard InChI is InChI=1S/C16H18F2N2O/c1-20(9-11-4-5-21-10-11)16-14(17)6-12(7-15(16)18)8-19-13-2-3-13/h4-7,10,13,19H,2-3,8-9H2,1H3. The third-order valence-corrected chi connectivity index (χ3v) is 3.63. The van der Waals surface area contributed by atoms with Crippen LogP contribution >= 0.6 is 0 Å². The van der Waals surface area contributed by atoms with Crippen molar-refractivity contribution in [1.29, 1.82) is 0 Å². The Morgan fingerprint density at radius 2 is 1.95 bits per heavy atom. The summed E-state index contributed by atoms with van der Waals surface area (Å²) in [5, 5.41) is 3.25. The summed E-state index contributed by atoms with van der Waals surface area (Å²) >= 11 is 0. The van der Waals surface area contributed by atoms with Crippen LogP contribution in [0, 0.1) is 11.6 Å². The van der Waals surface area contributed by atoms with Crippen LogP contribution in [0.2, 0.25) is 0 Å². The number of furan rings is 1. The van der Waals surface area contributed by atoms with Crippen LogP contribution in [0.25, 0.3) is 0 Å². The van der Waals surface area contributed by atoms with Gasteiger partial charge in [0.1, 0.15) is 17.3 Å². The molecule has 0 unspecified atom stereocenters.